The lowest BCUT2D eigenvalue weighted by atomic mass is 10.2. The Balaban J connectivity index is 0. The fraction of sp³-hybridized carbons (Fsp3) is 0.875. The molecule has 0 atom stereocenters. The molecule has 0 heterocycles. The lowest BCUT2D eigenvalue weighted by Crippen LogP contribution is -2.04. The summed E-state index contributed by atoms with van der Waals surface area (Å²) in [6.45, 7) is 6.83. The fourth-order valence-corrected chi connectivity index (χ4v) is 1.52. The summed E-state index contributed by atoms with van der Waals surface area (Å²) in [5.74, 6) is -0.727. The molecule has 0 unspecified atom stereocenters. The van der Waals surface area contributed by atoms with E-state index in [1.807, 2.05) is 6.92 Å². The van der Waals surface area contributed by atoms with Crippen LogP contribution in [-0.2, 0) is 14.3 Å². The number of carbonyl (C=O) groups is 2. The van der Waals surface area contributed by atoms with E-state index in [0.717, 1.165) is 38.5 Å². The van der Waals surface area contributed by atoms with Crippen molar-refractivity contribution in [1.82, 2.24) is 0 Å². The van der Waals surface area contributed by atoms with E-state index in [0.29, 0.717) is 19.4 Å². The van der Waals surface area contributed by atoms with Gasteiger partial charge in [-0.2, -0.15) is 0 Å². The van der Waals surface area contributed by atoms with Gasteiger partial charge in [-0.05, 0) is 19.3 Å². The molecular weight excluding hydrogens is 256 g/mol. The molecule has 0 bridgehead atoms. The number of ether oxygens (including phenoxy) is 1. The maximum absolute atomic E-state index is 10.8. The first-order valence-corrected chi connectivity index (χ1v) is 7.95. The van der Waals surface area contributed by atoms with Crippen molar-refractivity contribution in [3.63, 3.8) is 0 Å². The average Bonchev–Trinajstić information content (AvgIpc) is 2.41. The molecule has 20 heavy (non-hydrogen) atoms. The van der Waals surface area contributed by atoms with Crippen molar-refractivity contribution in [2.24, 2.45) is 0 Å². The van der Waals surface area contributed by atoms with Gasteiger partial charge in [0, 0.05) is 12.8 Å². The van der Waals surface area contributed by atoms with Gasteiger partial charge in [0.15, 0.2) is 0 Å². The van der Waals surface area contributed by atoms with Crippen LogP contribution >= 0.6 is 0 Å². The molecule has 0 rings (SSSR count). The molecule has 4 nitrogen and oxygen atoms in total. The number of unbranched alkanes of at least 4 members (excludes halogenated alkanes) is 5. The summed E-state index contributed by atoms with van der Waals surface area (Å²) in [6, 6.07) is 0. The van der Waals surface area contributed by atoms with Crippen LogP contribution in [0.1, 0.15) is 85.0 Å². The van der Waals surface area contributed by atoms with Crippen LogP contribution in [0.3, 0.4) is 0 Å². The Labute approximate surface area is 123 Å². The lowest BCUT2D eigenvalue weighted by Gasteiger charge is -2.01. The van der Waals surface area contributed by atoms with Crippen molar-refractivity contribution in [3.8, 4) is 0 Å². The molecule has 0 aromatic carbocycles. The Morgan fingerprint density at radius 3 is 1.90 bits per heavy atom. The third kappa shape index (κ3) is 22.1. The van der Waals surface area contributed by atoms with Gasteiger partial charge in [-0.1, -0.05) is 52.9 Å². The summed E-state index contributed by atoms with van der Waals surface area (Å²) in [4.78, 5) is 20.7. The standard InChI is InChI=1S/C9H18O2.C7H14O2/c1-3-5-6-8-11-9(10)7-4-2;1-2-3-4-5-6-7(8)9/h3-8H2,1-2H3;2-6H2,1H3,(H,8,9). The zero-order valence-corrected chi connectivity index (χ0v) is 13.5. The number of esters is 1. The van der Waals surface area contributed by atoms with Gasteiger partial charge in [0.1, 0.15) is 0 Å². The molecule has 0 aliphatic rings. The van der Waals surface area contributed by atoms with Crippen molar-refractivity contribution in [2.75, 3.05) is 6.61 Å². The topological polar surface area (TPSA) is 63.6 Å². The van der Waals surface area contributed by atoms with E-state index in [-0.39, 0.29) is 5.97 Å². The van der Waals surface area contributed by atoms with Gasteiger partial charge >= 0.3 is 11.9 Å². The summed E-state index contributed by atoms with van der Waals surface area (Å²) in [5.41, 5.74) is 0. The summed E-state index contributed by atoms with van der Waals surface area (Å²) in [6.07, 6.45) is 9.33. The van der Waals surface area contributed by atoms with Gasteiger partial charge in [-0.3, -0.25) is 9.59 Å². The fourth-order valence-electron chi connectivity index (χ4n) is 1.52. The van der Waals surface area contributed by atoms with Gasteiger partial charge in [-0.15, -0.1) is 0 Å². The Morgan fingerprint density at radius 2 is 1.40 bits per heavy atom. The van der Waals surface area contributed by atoms with Gasteiger partial charge < -0.3 is 9.84 Å². The third-order valence-corrected chi connectivity index (χ3v) is 2.71. The third-order valence-electron chi connectivity index (χ3n) is 2.71. The van der Waals surface area contributed by atoms with Crippen LogP contribution in [0.5, 0.6) is 0 Å². The molecule has 120 valence electrons. The van der Waals surface area contributed by atoms with E-state index >= 15 is 0 Å². The maximum atomic E-state index is 10.8. The van der Waals surface area contributed by atoms with E-state index in [1.54, 1.807) is 0 Å². The average molecular weight is 288 g/mol. The van der Waals surface area contributed by atoms with Crippen LogP contribution in [0.15, 0.2) is 0 Å². The Bertz CT molecular complexity index is 227. The number of aliphatic carboxylic acids is 1. The molecule has 0 amide bonds. The Hall–Kier alpha value is -1.06. The quantitative estimate of drug-likeness (QED) is 0.447. The lowest BCUT2D eigenvalue weighted by molar-refractivity contribution is -0.143. The van der Waals surface area contributed by atoms with Crippen LogP contribution in [0, 0.1) is 0 Å². The predicted molar refractivity (Wildman–Crippen MR) is 81.8 cm³/mol. The number of carboxylic acids is 1. The molecule has 1 N–H and O–H groups in total. The molecule has 0 radical (unpaired) electrons. The van der Waals surface area contributed by atoms with Crippen LogP contribution in [0.25, 0.3) is 0 Å². The van der Waals surface area contributed by atoms with Crippen molar-refractivity contribution >= 4 is 11.9 Å². The molecular formula is C16H32O4. The molecule has 0 aliphatic heterocycles. The van der Waals surface area contributed by atoms with Crippen LogP contribution in [0.4, 0.5) is 0 Å². The Morgan fingerprint density at radius 1 is 0.800 bits per heavy atom. The summed E-state index contributed by atoms with van der Waals surface area (Å²) < 4.78 is 4.95. The maximum Gasteiger partial charge on any atom is 0.305 e. The van der Waals surface area contributed by atoms with Gasteiger partial charge in [0.05, 0.1) is 6.61 Å². The molecule has 0 aromatic heterocycles. The first-order valence-electron chi connectivity index (χ1n) is 7.95. The highest BCUT2D eigenvalue weighted by molar-refractivity contribution is 5.69. The second kappa shape index (κ2) is 17.9. The van der Waals surface area contributed by atoms with E-state index in [2.05, 4.69) is 13.8 Å². The number of hydrogen-bond donors (Lipinski definition) is 1. The van der Waals surface area contributed by atoms with E-state index < -0.39 is 5.97 Å². The summed E-state index contributed by atoms with van der Waals surface area (Å²) >= 11 is 0. The first kappa shape index (κ1) is 21.2. The predicted octanol–water partition coefficient (Wildman–Crippen LogP) is 4.56. The Kier molecular flexibility index (Phi) is 19.1. The summed E-state index contributed by atoms with van der Waals surface area (Å²) in [7, 11) is 0. The van der Waals surface area contributed by atoms with Crippen LogP contribution in [0.2, 0.25) is 0 Å². The molecule has 0 saturated heterocycles. The van der Waals surface area contributed by atoms with Crippen molar-refractivity contribution in [1.29, 1.82) is 0 Å². The summed E-state index contributed by atoms with van der Waals surface area (Å²) in [5, 5.41) is 8.21. The molecule has 0 aliphatic carbocycles. The van der Waals surface area contributed by atoms with Crippen molar-refractivity contribution in [2.45, 2.75) is 85.0 Å². The highest BCUT2D eigenvalue weighted by atomic mass is 16.5. The van der Waals surface area contributed by atoms with Gasteiger partial charge in [-0.25, -0.2) is 0 Å². The molecule has 4 heteroatoms. The second-order valence-electron chi connectivity index (χ2n) is 4.88. The zero-order valence-electron chi connectivity index (χ0n) is 13.5. The molecule has 0 spiro atoms. The number of carboxylic acid groups (broad SMARTS) is 1. The van der Waals surface area contributed by atoms with E-state index in [4.69, 9.17) is 9.84 Å². The number of rotatable bonds is 11. The van der Waals surface area contributed by atoms with E-state index in [1.165, 1.54) is 12.8 Å². The van der Waals surface area contributed by atoms with Gasteiger partial charge in [0.2, 0.25) is 0 Å². The van der Waals surface area contributed by atoms with Crippen LogP contribution < -0.4 is 0 Å². The van der Waals surface area contributed by atoms with E-state index in [9.17, 15) is 9.59 Å². The SMILES string of the molecule is CCCCCCC(=O)O.CCCCCOC(=O)CCC. The highest BCUT2D eigenvalue weighted by Crippen LogP contribution is 2.01. The zero-order chi connectivity index (χ0) is 15.6. The number of carbonyl (C=O) groups excluding carboxylic acids is 1. The number of hydrogen-bond acceptors (Lipinski definition) is 3. The minimum absolute atomic E-state index is 0.0522. The first-order chi connectivity index (χ1) is 9.58. The molecule has 0 saturated carbocycles. The highest BCUT2D eigenvalue weighted by Gasteiger charge is 1.98. The minimum Gasteiger partial charge on any atom is -0.481 e. The van der Waals surface area contributed by atoms with Gasteiger partial charge in [0.25, 0.3) is 0 Å². The minimum atomic E-state index is -0.675. The second-order valence-corrected chi connectivity index (χ2v) is 4.88. The molecule has 0 fully saturated rings. The van der Waals surface area contributed by atoms with Crippen molar-refractivity contribution in [3.05, 3.63) is 0 Å². The normalized spacial score (nSPS) is 9.55. The van der Waals surface area contributed by atoms with Crippen LogP contribution in [-0.4, -0.2) is 23.7 Å². The van der Waals surface area contributed by atoms with Crippen molar-refractivity contribution < 1.29 is 19.4 Å². The largest absolute Gasteiger partial charge is 0.481 e. The smallest absolute Gasteiger partial charge is 0.305 e. The molecule has 0 aromatic rings. The monoisotopic (exact) mass is 288 g/mol.